The highest BCUT2D eigenvalue weighted by molar-refractivity contribution is 9.09. The molecule has 1 atom stereocenters. The molecule has 0 amide bonds. The highest BCUT2D eigenvalue weighted by Crippen LogP contribution is 2.62. The van der Waals surface area contributed by atoms with Crippen LogP contribution < -0.4 is 0 Å². The zero-order chi connectivity index (χ0) is 16.3. The van der Waals surface area contributed by atoms with Crippen molar-refractivity contribution in [1.82, 2.24) is 0 Å². The smallest absolute Gasteiger partial charge is 0.0204 e. The standard InChI is InChI=1S/C22H39Br/c1-3-5-18-6-8-19(9-7-18)17-20(23)22-14-11-21(10-4-2,12-15-22)13-16-22/h18-20H,3-17H2,1-2H3. The summed E-state index contributed by atoms with van der Waals surface area (Å²) in [4.78, 5) is 0.808. The molecule has 0 aromatic carbocycles. The first-order valence-corrected chi connectivity index (χ1v) is 11.7. The van der Waals surface area contributed by atoms with Crippen molar-refractivity contribution in [1.29, 1.82) is 0 Å². The van der Waals surface area contributed by atoms with Gasteiger partial charge in [-0.1, -0.05) is 74.7 Å². The van der Waals surface area contributed by atoms with Gasteiger partial charge in [-0.15, -0.1) is 0 Å². The third-order valence-corrected chi connectivity index (χ3v) is 9.45. The molecule has 1 unspecified atom stereocenters. The summed E-state index contributed by atoms with van der Waals surface area (Å²) >= 11 is 4.22. The molecule has 0 aromatic heterocycles. The minimum atomic E-state index is 0.676. The van der Waals surface area contributed by atoms with E-state index in [9.17, 15) is 0 Å². The van der Waals surface area contributed by atoms with Crippen LogP contribution in [-0.4, -0.2) is 4.83 Å². The Hall–Kier alpha value is 0.480. The lowest BCUT2D eigenvalue weighted by molar-refractivity contribution is -0.0187. The molecule has 4 saturated carbocycles. The normalized spacial score (nSPS) is 41.9. The van der Waals surface area contributed by atoms with Gasteiger partial charge in [0.05, 0.1) is 0 Å². The average molecular weight is 383 g/mol. The van der Waals surface area contributed by atoms with Gasteiger partial charge in [0.15, 0.2) is 0 Å². The fraction of sp³-hybridized carbons (Fsp3) is 1.00. The molecule has 1 heteroatoms. The van der Waals surface area contributed by atoms with Crippen molar-refractivity contribution < 1.29 is 0 Å². The number of halogens is 1. The minimum absolute atomic E-state index is 0.676. The predicted octanol–water partition coefficient (Wildman–Crippen LogP) is 7.89. The van der Waals surface area contributed by atoms with Crippen molar-refractivity contribution in [3.05, 3.63) is 0 Å². The molecule has 0 N–H and O–H groups in total. The van der Waals surface area contributed by atoms with Gasteiger partial charge in [0.2, 0.25) is 0 Å². The molecule has 4 aliphatic rings. The Balaban J connectivity index is 1.49. The Morgan fingerprint density at radius 3 is 1.91 bits per heavy atom. The van der Waals surface area contributed by atoms with Crippen LogP contribution in [0.3, 0.4) is 0 Å². The highest BCUT2D eigenvalue weighted by Gasteiger charge is 2.50. The van der Waals surface area contributed by atoms with Gasteiger partial charge in [-0.3, -0.25) is 0 Å². The molecular formula is C22H39Br. The van der Waals surface area contributed by atoms with Crippen LogP contribution in [0, 0.1) is 22.7 Å². The molecule has 0 saturated heterocycles. The second-order valence-corrected chi connectivity index (χ2v) is 10.6. The van der Waals surface area contributed by atoms with Gasteiger partial charge in [-0.05, 0) is 74.0 Å². The van der Waals surface area contributed by atoms with E-state index in [0.717, 1.165) is 22.1 Å². The van der Waals surface area contributed by atoms with Gasteiger partial charge >= 0.3 is 0 Å². The summed E-state index contributed by atoms with van der Waals surface area (Å²) in [6.07, 6.45) is 22.5. The second-order valence-electron chi connectivity index (χ2n) is 9.49. The molecule has 2 bridgehead atoms. The first kappa shape index (κ1) is 18.3. The molecule has 134 valence electrons. The maximum atomic E-state index is 4.22. The summed E-state index contributed by atoms with van der Waals surface area (Å²) in [6.45, 7) is 4.73. The summed E-state index contributed by atoms with van der Waals surface area (Å²) in [5, 5.41) is 0. The number of fused-ring (bicyclic) bond motifs is 3. The van der Waals surface area contributed by atoms with E-state index in [-0.39, 0.29) is 0 Å². The zero-order valence-corrected chi connectivity index (χ0v) is 17.3. The predicted molar refractivity (Wildman–Crippen MR) is 105 cm³/mol. The third kappa shape index (κ3) is 4.01. The quantitative estimate of drug-likeness (QED) is 0.392. The number of rotatable bonds is 7. The van der Waals surface area contributed by atoms with E-state index in [2.05, 4.69) is 29.8 Å². The van der Waals surface area contributed by atoms with Crippen molar-refractivity contribution in [3.63, 3.8) is 0 Å². The lowest BCUT2D eigenvalue weighted by Gasteiger charge is -2.56. The summed E-state index contributed by atoms with van der Waals surface area (Å²) in [5.74, 6) is 2.08. The Kier molecular flexibility index (Phi) is 6.19. The maximum Gasteiger partial charge on any atom is 0.0204 e. The molecule has 4 fully saturated rings. The molecule has 23 heavy (non-hydrogen) atoms. The average Bonchev–Trinajstić information content (AvgIpc) is 2.58. The van der Waals surface area contributed by atoms with E-state index >= 15 is 0 Å². The van der Waals surface area contributed by atoms with Gasteiger partial charge in [0, 0.05) is 4.83 Å². The molecule has 0 nitrogen and oxygen atoms in total. The molecule has 0 aromatic rings. The van der Waals surface area contributed by atoms with Crippen LogP contribution in [0.25, 0.3) is 0 Å². The monoisotopic (exact) mass is 382 g/mol. The number of hydrogen-bond acceptors (Lipinski definition) is 0. The van der Waals surface area contributed by atoms with E-state index in [1.165, 1.54) is 96.3 Å². The molecule has 4 aliphatic carbocycles. The van der Waals surface area contributed by atoms with Crippen molar-refractivity contribution >= 4 is 15.9 Å². The van der Waals surface area contributed by atoms with E-state index in [4.69, 9.17) is 0 Å². The summed E-state index contributed by atoms with van der Waals surface area (Å²) in [5.41, 5.74) is 1.44. The lowest BCUT2D eigenvalue weighted by atomic mass is 9.51. The van der Waals surface area contributed by atoms with Crippen molar-refractivity contribution in [2.24, 2.45) is 22.7 Å². The SMILES string of the molecule is CCCC1CCC(CC(Br)C23CCC(CCC)(CC2)CC3)CC1. The van der Waals surface area contributed by atoms with Gasteiger partial charge in [-0.25, -0.2) is 0 Å². The first-order valence-electron chi connectivity index (χ1n) is 10.8. The molecule has 0 radical (unpaired) electrons. The molecule has 4 rings (SSSR count). The van der Waals surface area contributed by atoms with Gasteiger partial charge in [-0.2, -0.15) is 0 Å². The molecule has 0 spiro atoms. The zero-order valence-electron chi connectivity index (χ0n) is 15.7. The fourth-order valence-corrected chi connectivity index (χ4v) is 7.59. The highest BCUT2D eigenvalue weighted by atomic mass is 79.9. The van der Waals surface area contributed by atoms with Gasteiger partial charge < -0.3 is 0 Å². The summed E-state index contributed by atoms with van der Waals surface area (Å²) < 4.78 is 0. The maximum absolute atomic E-state index is 4.22. The van der Waals surface area contributed by atoms with E-state index in [0.29, 0.717) is 5.41 Å². The van der Waals surface area contributed by atoms with Crippen LogP contribution in [0.5, 0.6) is 0 Å². The van der Waals surface area contributed by atoms with Crippen LogP contribution in [0.4, 0.5) is 0 Å². The van der Waals surface area contributed by atoms with Crippen LogP contribution in [0.2, 0.25) is 0 Å². The van der Waals surface area contributed by atoms with E-state index < -0.39 is 0 Å². The summed E-state index contributed by atoms with van der Waals surface area (Å²) in [6, 6.07) is 0. The molecule has 0 aliphatic heterocycles. The third-order valence-electron chi connectivity index (χ3n) is 8.11. The van der Waals surface area contributed by atoms with E-state index in [1.807, 2.05) is 0 Å². The minimum Gasteiger partial charge on any atom is -0.0885 e. The Morgan fingerprint density at radius 2 is 1.39 bits per heavy atom. The van der Waals surface area contributed by atoms with Crippen LogP contribution >= 0.6 is 15.9 Å². The van der Waals surface area contributed by atoms with Gasteiger partial charge in [0.1, 0.15) is 0 Å². The Labute approximate surface area is 153 Å². The van der Waals surface area contributed by atoms with E-state index in [1.54, 1.807) is 0 Å². The number of alkyl halides is 1. The van der Waals surface area contributed by atoms with Crippen molar-refractivity contribution in [3.8, 4) is 0 Å². The summed E-state index contributed by atoms with van der Waals surface area (Å²) in [7, 11) is 0. The van der Waals surface area contributed by atoms with Crippen LogP contribution in [0.1, 0.15) is 110 Å². The molecular weight excluding hydrogens is 344 g/mol. The lowest BCUT2D eigenvalue weighted by Crippen LogP contribution is -2.46. The van der Waals surface area contributed by atoms with Crippen LogP contribution in [0.15, 0.2) is 0 Å². The number of hydrogen-bond donors (Lipinski definition) is 0. The second kappa shape index (κ2) is 7.79. The van der Waals surface area contributed by atoms with Crippen molar-refractivity contribution in [2.45, 2.75) is 115 Å². The Morgan fingerprint density at radius 1 is 0.826 bits per heavy atom. The van der Waals surface area contributed by atoms with Crippen molar-refractivity contribution in [2.75, 3.05) is 0 Å². The fourth-order valence-electron chi connectivity index (χ4n) is 6.37. The largest absolute Gasteiger partial charge is 0.0885 e. The topological polar surface area (TPSA) is 0 Å². The Bertz CT molecular complexity index is 342. The first-order chi connectivity index (χ1) is 11.1. The van der Waals surface area contributed by atoms with Crippen LogP contribution in [-0.2, 0) is 0 Å². The molecule has 0 heterocycles. The van der Waals surface area contributed by atoms with Gasteiger partial charge in [0.25, 0.3) is 0 Å².